The summed E-state index contributed by atoms with van der Waals surface area (Å²) in [7, 11) is 7.19. The molecule has 0 N–H and O–H groups in total. The molecule has 2 heteroatoms. The smallest absolute Gasteiger partial charge is 0.119 e. The van der Waals surface area contributed by atoms with Crippen molar-refractivity contribution >= 4 is 13.3 Å². The predicted molar refractivity (Wildman–Crippen MR) is 54.5 cm³/mol. The molecule has 0 aliphatic rings. The van der Waals surface area contributed by atoms with Crippen LogP contribution in [-0.2, 0) is 0 Å². The van der Waals surface area contributed by atoms with Crippen molar-refractivity contribution in [1.82, 2.24) is 0 Å². The van der Waals surface area contributed by atoms with Gasteiger partial charge in [-0.2, -0.15) is 0 Å². The Bertz CT molecular complexity index is 233. The van der Waals surface area contributed by atoms with Crippen molar-refractivity contribution in [3.63, 3.8) is 0 Å². The van der Waals surface area contributed by atoms with Gasteiger partial charge in [-0.3, -0.25) is 0 Å². The molecule has 12 heavy (non-hydrogen) atoms. The number of rotatable bonds is 1. The molecule has 0 heterocycles. The first-order valence-electron chi connectivity index (χ1n) is 4.14. The van der Waals surface area contributed by atoms with E-state index in [1.54, 1.807) is 7.11 Å². The monoisotopic (exact) mass is 162 g/mol. The Kier molecular flexibility index (Phi) is 5.26. The highest BCUT2D eigenvalue weighted by Gasteiger charge is 1.94. The molecule has 0 fully saturated rings. The van der Waals surface area contributed by atoms with E-state index in [4.69, 9.17) is 12.6 Å². The number of aryl methyl sites for hydroxylation is 1. The van der Waals surface area contributed by atoms with Crippen LogP contribution in [0.3, 0.4) is 0 Å². The van der Waals surface area contributed by atoms with Gasteiger partial charge in [-0.25, -0.2) is 0 Å². The molecule has 0 atom stereocenters. The first kappa shape index (κ1) is 11.1. The van der Waals surface area contributed by atoms with Gasteiger partial charge in [0.2, 0.25) is 0 Å². The van der Waals surface area contributed by atoms with Gasteiger partial charge in [0, 0.05) is 0 Å². The summed E-state index contributed by atoms with van der Waals surface area (Å²) in [4.78, 5) is 0. The Hall–Kier alpha value is -0.915. The van der Waals surface area contributed by atoms with Crippen LogP contribution in [-0.4, -0.2) is 15.0 Å². The topological polar surface area (TPSA) is 9.23 Å². The van der Waals surface area contributed by atoms with Crippen molar-refractivity contribution in [2.24, 2.45) is 0 Å². The summed E-state index contributed by atoms with van der Waals surface area (Å²) < 4.78 is 5.00. The van der Waals surface area contributed by atoms with Gasteiger partial charge in [0.1, 0.15) is 13.6 Å². The fraction of sp³-hybridized carbons (Fsp3) is 0.400. The van der Waals surface area contributed by atoms with Crippen molar-refractivity contribution < 1.29 is 4.74 Å². The van der Waals surface area contributed by atoms with Gasteiger partial charge in [-0.05, 0) is 18.6 Å². The predicted octanol–water partition coefficient (Wildman–Crippen LogP) is 1.82. The maximum absolute atomic E-state index is 5.57. The minimum Gasteiger partial charge on any atom is -0.497 e. The zero-order valence-electron chi connectivity index (χ0n) is 8.22. The van der Waals surface area contributed by atoms with Gasteiger partial charge < -0.3 is 4.74 Å². The van der Waals surface area contributed by atoms with E-state index in [0.29, 0.717) is 5.46 Å². The largest absolute Gasteiger partial charge is 0.497 e. The zero-order valence-corrected chi connectivity index (χ0v) is 8.22. The van der Waals surface area contributed by atoms with E-state index in [1.165, 1.54) is 0 Å². The molecule has 0 aromatic heterocycles. The second-order valence-corrected chi connectivity index (χ2v) is 2.25. The molecule has 0 bridgehead atoms. The first-order valence-corrected chi connectivity index (χ1v) is 4.14. The van der Waals surface area contributed by atoms with Crippen molar-refractivity contribution in [2.75, 3.05) is 7.11 Å². The average Bonchev–Trinajstić information content (AvgIpc) is 2.13. The van der Waals surface area contributed by atoms with Crippen LogP contribution in [0.1, 0.15) is 19.4 Å². The minimum absolute atomic E-state index is 0.688. The lowest BCUT2D eigenvalue weighted by atomic mass is 9.94. The maximum Gasteiger partial charge on any atom is 0.119 e. The molecule has 0 spiro atoms. The quantitative estimate of drug-likeness (QED) is 0.572. The third-order valence-electron chi connectivity index (χ3n) is 1.39. The minimum atomic E-state index is 0.688. The van der Waals surface area contributed by atoms with E-state index < -0.39 is 0 Å². The molecule has 0 unspecified atom stereocenters. The van der Waals surface area contributed by atoms with E-state index in [1.807, 2.05) is 39.0 Å². The number of benzene rings is 1. The molecule has 0 saturated heterocycles. The van der Waals surface area contributed by atoms with E-state index in [9.17, 15) is 0 Å². The van der Waals surface area contributed by atoms with Gasteiger partial charge in [0.05, 0.1) is 7.11 Å². The van der Waals surface area contributed by atoms with Gasteiger partial charge in [-0.1, -0.05) is 31.4 Å². The number of hydrogen-bond acceptors (Lipinski definition) is 1. The van der Waals surface area contributed by atoms with Gasteiger partial charge >= 0.3 is 0 Å². The zero-order chi connectivity index (χ0) is 9.56. The molecule has 0 saturated carbocycles. The van der Waals surface area contributed by atoms with E-state index in [-0.39, 0.29) is 0 Å². The van der Waals surface area contributed by atoms with Crippen LogP contribution < -0.4 is 10.2 Å². The van der Waals surface area contributed by atoms with Crippen LogP contribution in [0.4, 0.5) is 0 Å². The van der Waals surface area contributed by atoms with Crippen LogP contribution in [0.15, 0.2) is 18.2 Å². The van der Waals surface area contributed by atoms with Crippen LogP contribution in [0.2, 0.25) is 0 Å². The third-order valence-corrected chi connectivity index (χ3v) is 1.39. The summed E-state index contributed by atoms with van der Waals surface area (Å²) in [6.45, 7) is 6.00. The van der Waals surface area contributed by atoms with Crippen LogP contribution >= 0.6 is 0 Å². The van der Waals surface area contributed by atoms with Gasteiger partial charge in [0.15, 0.2) is 0 Å². The molecule has 0 aliphatic heterocycles. The lowest BCUT2D eigenvalue weighted by Gasteiger charge is -2.04. The molecule has 1 aromatic carbocycles. The molecule has 1 nitrogen and oxygen atoms in total. The lowest BCUT2D eigenvalue weighted by Crippen LogP contribution is -2.06. The second-order valence-electron chi connectivity index (χ2n) is 2.25. The van der Waals surface area contributed by atoms with E-state index >= 15 is 0 Å². The van der Waals surface area contributed by atoms with Crippen molar-refractivity contribution in [1.29, 1.82) is 0 Å². The summed E-state index contributed by atoms with van der Waals surface area (Å²) >= 11 is 0. The molecule has 2 radical (unpaired) electrons. The van der Waals surface area contributed by atoms with Gasteiger partial charge in [0.25, 0.3) is 0 Å². The third kappa shape index (κ3) is 2.99. The SMILES string of the molecule is CC.[B]c1ccc(C)cc1OC. The number of ether oxygens (including phenoxy) is 1. The summed E-state index contributed by atoms with van der Waals surface area (Å²) in [5, 5.41) is 0. The van der Waals surface area contributed by atoms with Gasteiger partial charge in [-0.15, -0.1) is 0 Å². The fourth-order valence-electron chi connectivity index (χ4n) is 0.818. The van der Waals surface area contributed by atoms with Crippen molar-refractivity contribution in [3.8, 4) is 5.75 Å². The van der Waals surface area contributed by atoms with Crippen LogP contribution in [0.5, 0.6) is 5.75 Å². The Morgan fingerprint density at radius 3 is 2.25 bits per heavy atom. The molecule has 1 aromatic rings. The molecule has 0 aliphatic carbocycles. The lowest BCUT2D eigenvalue weighted by molar-refractivity contribution is 0.418. The summed E-state index contributed by atoms with van der Waals surface area (Å²) in [5.74, 6) is 0.750. The van der Waals surface area contributed by atoms with Crippen molar-refractivity contribution in [2.45, 2.75) is 20.8 Å². The number of methoxy groups -OCH3 is 1. The summed E-state index contributed by atoms with van der Waals surface area (Å²) in [6, 6.07) is 5.71. The molecule has 0 amide bonds. The summed E-state index contributed by atoms with van der Waals surface area (Å²) in [6.07, 6.45) is 0. The van der Waals surface area contributed by atoms with Crippen LogP contribution in [0.25, 0.3) is 0 Å². The molecular formula is C10H15BO. The summed E-state index contributed by atoms with van der Waals surface area (Å²) in [5.41, 5.74) is 1.85. The Morgan fingerprint density at radius 2 is 1.83 bits per heavy atom. The maximum atomic E-state index is 5.57. The van der Waals surface area contributed by atoms with Crippen molar-refractivity contribution in [3.05, 3.63) is 23.8 Å². The average molecular weight is 162 g/mol. The van der Waals surface area contributed by atoms with E-state index in [2.05, 4.69) is 0 Å². The highest BCUT2D eigenvalue weighted by atomic mass is 16.5. The molecule has 1 rings (SSSR count). The second kappa shape index (κ2) is 5.70. The standard InChI is InChI=1S/C8H9BO.C2H6/c1-6-3-4-7(9)8(5-6)10-2;1-2/h3-5H,1-2H3;1-2H3. The van der Waals surface area contributed by atoms with Crippen LogP contribution in [0, 0.1) is 6.92 Å². The Morgan fingerprint density at radius 1 is 1.25 bits per heavy atom. The fourth-order valence-corrected chi connectivity index (χ4v) is 0.818. The highest BCUT2D eigenvalue weighted by Crippen LogP contribution is 2.07. The molecular weight excluding hydrogens is 147 g/mol. The highest BCUT2D eigenvalue weighted by molar-refractivity contribution is 6.34. The first-order chi connectivity index (χ1) is 5.74. The normalized spacial score (nSPS) is 8.33. The Labute approximate surface area is 76.2 Å². The number of hydrogen-bond donors (Lipinski definition) is 0. The molecule has 64 valence electrons. The van der Waals surface area contributed by atoms with E-state index in [0.717, 1.165) is 11.3 Å². The Balaban J connectivity index is 0.000000561.